The highest BCUT2D eigenvalue weighted by atomic mass is 16.5. The number of morpholine rings is 1. The van der Waals surface area contributed by atoms with Gasteiger partial charge in [-0.3, -0.25) is 4.79 Å². The van der Waals surface area contributed by atoms with E-state index in [0.29, 0.717) is 24.5 Å². The Kier molecular flexibility index (Phi) is 5.08. The Morgan fingerprint density at radius 2 is 1.89 bits per heavy atom. The van der Waals surface area contributed by atoms with E-state index in [0.717, 1.165) is 36.0 Å². The molecule has 2 aromatic heterocycles. The number of amides is 1. The zero-order chi connectivity index (χ0) is 19.5. The summed E-state index contributed by atoms with van der Waals surface area (Å²) in [6, 6.07) is 13.3. The Balaban J connectivity index is 1.53. The molecule has 0 spiro atoms. The van der Waals surface area contributed by atoms with Crippen molar-refractivity contribution in [2.45, 2.75) is 13.8 Å². The van der Waals surface area contributed by atoms with Gasteiger partial charge in [0.2, 0.25) is 0 Å². The maximum absolute atomic E-state index is 12.8. The van der Waals surface area contributed by atoms with Crippen LogP contribution < -0.4 is 10.2 Å². The van der Waals surface area contributed by atoms with Crippen molar-refractivity contribution in [1.82, 2.24) is 14.8 Å². The van der Waals surface area contributed by atoms with Crippen molar-refractivity contribution in [2.75, 3.05) is 36.5 Å². The lowest BCUT2D eigenvalue weighted by Crippen LogP contribution is -2.36. The number of aromatic nitrogens is 3. The number of carbonyl (C=O) groups excluding carboxylic acids is 1. The molecule has 0 saturated carbocycles. The molecule has 1 aliphatic rings. The SMILES string of the molecule is Cc1cc(C)n(-c2ccccc2NC(=O)c2ccc(N3CCOCC3)nc2)n1. The second-order valence-corrected chi connectivity index (χ2v) is 6.81. The van der Waals surface area contributed by atoms with E-state index >= 15 is 0 Å². The Bertz CT molecular complexity index is 975. The standard InChI is InChI=1S/C21H23N5O2/c1-15-13-16(2)26(24-15)19-6-4-3-5-18(19)23-21(27)17-7-8-20(22-14-17)25-9-11-28-12-10-25/h3-8,13-14H,9-12H2,1-2H3,(H,23,27). The predicted molar refractivity (Wildman–Crippen MR) is 108 cm³/mol. The van der Waals surface area contributed by atoms with Crippen LogP contribution in [0.4, 0.5) is 11.5 Å². The molecule has 1 amide bonds. The second-order valence-electron chi connectivity index (χ2n) is 6.81. The van der Waals surface area contributed by atoms with Crippen molar-refractivity contribution in [2.24, 2.45) is 0 Å². The molecule has 1 fully saturated rings. The van der Waals surface area contributed by atoms with Crippen molar-refractivity contribution in [3.63, 3.8) is 0 Å². The largest absolute Gasteiger partial charge is 0.378 e. The summed E-state index contributed by atoms with van der Waals surface area (Å²) < 4.78 is 7.20. The van der Waals surface area contributed by atoms with Crippen molar-refractivity contribution in [3.05, 3.63) is 65.6 Å². The molecule has 144 valence electrons. The van der Waals surface area contributed by atoms with Crippen LogP contribution in [0.3, 0.4) is 0 Å². The first-order valence-corrected chi connectivity index (χ1v) is 9.34. The lowest BCUT2D eigenvalue weighted by atomic mass is 10.2. The fourth-order valence-electron chi connectivity index (χ4n) is 3.33. The smallest absolute Gasteiger partial charge is 0.257 e. The van der Waals surface area contributed by atoms with Crippen LogP contribution in [0.15, 0.2) is 48.7 Å². The summed E-state index contributed by atoms with van der Waals surface area (Å²) in [5.41, 5.74) is 3.99. The lowest BCUT2D eigenvalue weighted by Gasteiger charge is -2.27. The summed E-state index contributed by atoms with van der Waals surface area (Å²) in [5, 5.41) is 7.51. The summed E-state index contributed by atoms with van der Waals surface area (Å²) in [6.45, 7) is 6.97. The molecule has 0 unspecified atom stereocenters. The van der Waals surface area contributed by atoms with Crippen molar-refractivity contribution < 1.29 is 9.53 Å². The Morgan fingerprint density at radius 1 is 1.11 bits per heavy atom. The third-order valence-electron chi connectivity index (χ3n) is 4.74. The normalized spacial score (nSPS) is 14.1. The quantitative estimate of drug-likeness (QED) is 0.757. The van der Waals surface area contributed by atoms with Gasteiger partial charge in [0, 0.05) is 25.0 Å². The number of rotatable bonds is 4. The highest BCUT2D eigenvalue weighted by Crippen LogP contribution is 2.22. The number of hydrogen-bond acceptors (Lipinski definition) is 5. The van der Waals surface area contributed by atoms with Crippen LogP contribution in [0.5, 0.6) is 0 Å². The number of hydrogen-bond donors (Lipinski definition) is 1. The van der Waals surface area contributed by atoms with Gasteiger partial charge in [0.1, 0.15) is 5.82 Å². The van der Waals surface area contributed by atoms with E-state index in [1.807, 2.05) is 54.9 Å². The van der Waals surface area contributed by atoms with E-state index in [9.17, 15) is 4.79 Å². The number of ether oxygens (including phenoxy) is 1. The average molecular weight is 377 g/mol. The van der Waals surface area contributed by atoms with Crippen LogP contribution in [-0.4, -0.2) is 47.0 Å². The number of anilines is 2. The third-order valence-corrected chi connectivity index (χ3v) is 4.74. The lowest BCUT2D eigenvalue weighted by molar-refractivity contribution is 0.102. The molecule has 0 aliphatic carbocycles. The van der Waals surface area contributed by atoms with Gasteiger partial charge in [0.25, 0.3) is 5.91 Å². The third kappa shape index (κ3) is 3.75. The fraction of sp³-hybridized carbons (Fsp3) is 0.286. The van der Waals surface area contributed by atoms with Crippen LogP contribution in [0, 0.1) is 13.8 Å². The van der Waals surface area contributed by atoms with Crippen molar-refractivity contribution in [3.8, 4) is 5.69 Å². The highest BCUT2D eigenvalue weighted by molar-refractivity contribution is 6.05. The van der Waals surface area contributed by atoms with Crippen LogP contribution in [0.2, 0.25) is 0 Å². The number of benzene rings is 1. The first-order valence-electron chi connectivity index (χ1n) is 9.34. The minimum Gasteiger partial charge on any atom is -0.378 e. The van der Waals surface area contributed by atoms with E-state index < -0.39 is 0 Å². The minimum absolute atomic E-state index is 0.199. The van der Waals surface area contributed by atoms with Crippen molar-refractivity contribution in [1.29, 1.82) is 0 Å². The monoisotopic (exact) mass is 377 g/mol. The second kappa shape index (κ2) is 7.82. The summed E-state index contributed by atoms with van der Waals surface area (Å²) in [5.74, 6) is 0.665. The molecular formula is C21H23N5O2. The summed E-state index contributed by atoms with van der Waals surface area (Å²) in [6.07, 6.45) is 1.62. The maximum Gasteiger partial charge on any atom is 0.257 e. The molecule has 0 radical (unpaired) electrons. The van der Waals surface area contributed by atoms with E-state index in [1.165, 1.54) is 0 Å². The molecule has 0 bridgehead atoms. The minimum atomic E-state index is -0.199. The number of pyridine rings is 1. The summed E-state index contributed by atoms with van der Waals surface area (Å²) >= 11 is 0. The summed E-state index contributed by atoms with van der Waals surface area (Å²) in [7, 11) is 0. The molecule has 7 heteroatoms. The molecule has 1 aliphatic heterocycles. The Hall–Kier alpha value is -3.19. The van der Waals surface area contributed by atoms with Crippen LogP contribution >= 0.6 is 0 Å². The molecule has 28 heavy (non-hydrogen) atoms. The highest BCUT2D eigenvalue weighted by Gasteiger charge is 2.15. The van der Waals surface area contributed by atoms with Gasteiger partial charge in [-0.05, 0) is 44.2 Å². The molecule has 3 heterocycles. The molecule has 1 saturated heterocycles. The van der Waals surface area contributed by atoms with Crippen LogP contribution in [0.25, 0.3) is 5.69 Å². The van der Waals surface area contributed by atoms with E-state index in [2.05, 4.69) is 20.3 Å². The molecule has 0 atom stereocenters. The van der Waals surface area contributed by atoms with E-state index in [4.69, 9.17) is 4.74 Å². The van der Waals surface area contributed by atoms with Gasteiger partial charge < -0.3 is 15.0 Å². The van der Waals surface area contributed by atoms with Crippen molar-refractivity contribution >= 4 is 17.4 Å². The number of aryl methyl sites for hydroxylation is 2. The molecular weight excluding hydrogens is 354 g/mol. The van der Waals surface area contributed by atoms with Gasteiger partial charge in [0.15, 0.2) is 0 Å². The molecule has 1 aromatic carbocycles. The van der Waals surface area contributed by atoms with Gasteiger partial charge in [0.05, 0.1) is 35.8 Å². The Morgan fingerprint density at radius 3 is 2.57 bits per heavy atom. The van der Waals surface area contributed by atoms with Crippen LogP contribution in [0.1, 0.15) is 21.7 Å². The van der Waals surface area contributed by atoms with Gasteiger partial charge in [-0.1, -0.05) is 12.1 Å². The molecule has 1 N–H and O–H groups in total. The van der Waals surface area contributed by atoms with E-state index in [1.54, 1.807) is 12.3 Å². The molecule has 7 nitrogen and oxygen atoms in total. The maximum atomic E-state index is 12.8. The van der Waals surface area contributed by atoms with Gasteiger partial charge in [-0.2, -0.15) is 5.10 Å². The number of nitrogens with zero attached hydrogens (tertiary/aromatic N) is 4. The van der Waals surface area contributed by atoms with Gasteiger partial charge in [-0.15, -0.1) is 0 Å². The van der Waals surface area contributed by atoms with Gasteiger partial charge in [-0.25, -0.2) is 9.67 Å². The summed E-state index contributed by atoms with van der Waals surface area (Å²) in [4.78, 5) is 19.4. The number of nitrogens with one attached hydrogen (secondary N) is 1. The zero-order valence-corrected chi connectivity index (χ0v) is 16.1. The molecule has 4 rings (SSSR count). The molecule has 3 aromatic rings. The van der Waals surface area contributed by atoms with Crippen LogP contribution in [-0.2, 0) is 4.74 Å². The average Bonchev–Trinajstić information content (AvgIpc) is 3.07. The van der Waals surface area contributed by atoms with E-state index in [-0.39, 0.29) is 5.91 Å². The predicted octanol–water partition coefficient (Wildman–Crippen LogP) is 2.97. The first kappa shape index (κ1) is 18.2. The number of para-hydroxylation sites is 2. The fourth-order valence-corrected chi connectivity index (χ4v) is 3.33. The van der Waals surface area contributed by atoms with Gasteiger partial charge >= 0.3 is 0 Å². The number of carbonyl (C=O) groups is 1. The topological polar surface area (TPSA) is 72.3 Å². The first-order chi connectivity index (χ1) is 13.6. The zero-order valence-electron chi connectivity index (χ0n) is 16.1. The Labute approximate surface area is 164 Å².